The summed E-state index contributed by atoms with van der Waals surface area (Å²) in [5.41, 5.74) is 0.136. The number of nitrogens with zero attached hydrogens (tertiary/aromatic N) is 2. The average molecular weight is 373 g/mol. The highest BCUT2D eigenvalue weighted by atomic mass is 35.5. The first kappa shape index (κ1) is 18.2. The minimum Gasteiger partial charge on any atom is -0.454 e. The van der Waals surface area contributed by atoms with Crippen LogP contribution in [0.1, 0.15) is 27.6 Å². The number of amides is 3. The Balaban J connectivity index is 2.18. The van der Waals surface area contributed by atoms with Crippen LogP contribution < -0.4 is 0 Å². The van der Waals surface area contributed by atoms with Crippen LogP contribution in [0.3, 0.4) is 0 Å². The summed E-state index contributed by atoms with van der Waals surface area (Å²) in [6.45, 7) is 0.865. The highest BCUT2D eigenvalue weighted by Crippen LogP contribution is 2.32. The summed E-state index contributed by atoms with van der Waals surface area (Å²) in [7, 11) is 3.02. The van der Waals surface area contributed by atoms with E-state index in [1.54, 1.807) is 0 Å². The normalized spacial score (nSPS) is 14.5. The van der Waals surface area contributed by atoms with Crippen LogP contribution in [0.5, 0.6) is 0 Å². The molecule has 0 aromatic heterocycles. The number of carbonyl (C=O) groups excluding carboxylic acids is 4. The van der Waals surface area contributed by atoms with Gasteiger partial charge in [-0.3, -0.25) is 19.3 Å². The molecule has 1 aliphatic rings. The minimum absolute atomic E-state index is 0.0680. The van der Waals surface area contributed by atoms with Crippen molar-refractivity contribution in [3.8, 4) is 0 Å². The maximum absolute atomic E-state index is 12.4. The summed E-state index contributed by atoms with van der Waals surface area (Å²) in [6.07, 6.45) is 0. The molecule has 3 amide bonds. The van der Waals surface area contributed by atoms with Gasteiger partial charge in [-0.2, -0.15) is 0 Å². The Bertz CT molecular complexity index is 707. The summed E-state index contributed by atoms with van der Waals surface area (Å²) >= 11 is 11.7. The highest BCUT2D eigenvalue weighted by Gasteiger charge is 2.42. The second-order valence-corrected chi connectivity index (χ2v) is 6.18. The van der Waals surface area contributed by atoms with Gasteiger partial charge in [0.25, 0.3) is 17.7 Å². The summed E-state index contributed by atoms with van der Waals surface area (Å²) in [5, 5.41) is 0.260. The molecule has 1 aliphatic heterocycles. The van der Waals surface area contributed by atoms with Gasteiger partial charge in [-0.25, -0.2) is 4.79 Å². The smallest absolute Gasteiger partial charge is 0.329 e. The lowest BCUT2D eigenvalue weighted by atomic mass is 10.1. The fourth-order valence-electron chi connectivity index (χ4n) is 2.09. The van der Waals surface area contributed by atoms with Crippen molar-refractivity contribution in [2.24, 2.45) is 0 Å². The lowest BCUT2D eigenvalue weighted by molar-refractivity contribution is -0.154. The van der Waals surface area contributed by atoms with Crippen LogP contribution in [-0.4, -0.2) is 60.2 Å². The Kier molecular flexibility index (Phi) is 5.15. The van der Waals surface area contributed by atoms with E-state index in [2.05, 4.69) is 0 Å². The van der Waals surface area contributed by atoms with Gasteiger partial charge in [0.2, 0.25) is 0 Å². The van der Waals surface area contributed by atoms with Gasteiger partial charge in [-0.15, -0.1) is 0 Å². The van der Waals surface area contributed by atoms with Crippen LogP contribution in [0.4, 0.5) is 0 Å². The van der Waals surface area contributed by atoms with Gasteiger partial charge in [0.05, 0.1) is 21.2 Å². The van der Waals surface area contributed by atoms with Gasteiger partial charge in [0.1, 0.15) is 6.04 Å². The Labute approximate surface area is 148 Å². The zero-order valence-corrected chi connectivity index (χ0v) is 14.6. The van der Waals surface area contributed by atoms with E-state index in [0.29, 0.717) is 0 Å². The maximum atomic E-state index is 12.4. The summed E-state index contributed by atoms with van der Waals surface area (Å²) < 4.78 is 4.85. The molecule has 1 aromatic rings. The summed E-state index contributed by atoms with van der Waals surface area (Å²) in [5.74, 6) is -2.62. The van der Waals surface area contributed by atoms with Crippen molar-refractivity contribution in [3.63, 3.8) is 0 Å². The minimum atomic E-state index is -1.19. The lowest BCUT2D eigenvalue weighted by Crippen LogP contribution is -2.44. The number of benzene rings is 1. The third-order valence-electron chi connectivity index (χ3n) is 3.52. The SMILES string of the molecule is C[C@@H](C(=O)OCC(=O)N(C)C)N1C(=O)c2cc(Cl)c(Cl)cc2C1=O. The molecule has 0 aliphatic carbocycles. The molecular formula is C15H14Cl2N2O5. The Hall–Kier alpha value is -2.12. The van der Waals surface area contributed by atoms with E-state index < -0.39 is 36.3 Å². The second-order valence-electron chi connectivity index (χ2n) is 5.36. The molecule has 0 radical (unpaired) electrons. The van der Waals surface area contributed by atoms with Crippen LogP contribution in [0.2, 0.25) is 10.0 Å². The molecule has 0 spiro atoms. The predicted octanol–water partition coefficient (Wildman–Crippen LogP) is 1.61. The van der Waals surface area contributed by atoms with Crippen molar-refractivity contribution in [1.29, 1.82) is 0 Å². The number of likely N-dealkylation sites (N-methyl/N-ethyl adjacent to an activating group) is 1. The number of esters is 1. The van der Waals surface area contributed by atoms with Crippen LogP contribution in [0.15, 0.2) is 12.1 Å². The van der Waals surface area contributed by atoms with Gasteiger partial charge in [-0.05, 0) is 19.1 Å². The van der Waals surface area contributed by atoms with E-state index >= 15 is 0 Å². The monoisotopic (exact) mass is 372 g/mol. The molecule has 0 fully saturated rings. The van der Waals surface area contributed by atoms with E-state index in [-0.39, 0.29) is 21.2 Å². The fourth-order valence-corrected chi connectivity index (χ4v) is 2.42. The fraction of sp³-hybridized carbons (Fsp3) is 0.333. The number of ether oxygens (including phenoxy) is 1. The van der Waals surface area contributed by atoms with Crippen molar-refractivity contribution in [2.75, 3.05) is 20.7 Å². The van der Waals surface area contributed by atoms with E-state index in [9.17, 15) is 19.2 Å². The predicted molar refractivity (Wildman–Crippen MR) is 86.1 cm³/mol. The number of carbonyl (C=O) groups is 4. The summed E-state index contributed by atoms with van der Waals surface area (Å²) in [4.78, 5) is 50.3. The zero-order valence-electron chi connectivity index (χ0n) is 13.1. The maximum Gasteiger partial charge on any atom is 0.329 e. The Morgan fingerprint density at radius 2 is 1.58 bits per heavy atom. The molecule has 0 saturated carbocycles. The van der Waals surface area contributed by atoms with Crippen LogP contribution >= 0.6 is 23.2 Å². The number of hydrogen-bond donors (Lipinski definition) is 0. The standard InChI is InChI=1S/C15H14Cl2N2O5/c1-7(15(23)24-6-12(20)18(2)3)19-13(21)8-4-10(16)11(17)5-9(8)14(19)22/h4-5,7H,6H2,1-3H3/t7-/m0/s1. The third-order valence-corrected chi connectivity index (χ3v) is 4.25. The molecule has 2 rings (SSSR count). The summed E-state index contributed by atoms with van der Waals surface area (Å²) in [6, 6.07) is 1.38. The molecule has 0 bridgehead atoms. The van der Waals surface area contributed by atoms with Gasteiger partial charge < -0.3 is 9.64 Å². The van der Waals surface area contributed by atoms with Crippen LogP contribution in [0, 0.1) is 0 Å². The second kappa shape index (κ2) is 6.78. The van der Waals surface area contributed by atoms with Crippen molar-refractivity contribution in [1.82, 2.24) is 9.80 Å². The van der Waals surface area contributed by atoms with Gasteiger partial charge in [0, 0.05) is 14.1 Å². The number of halogens is 2. The Morgan fingerprint density at radius 1 is 1.12 bits per heavy atom. The van der Waals surface area contributed by atoms with E-state index in [0.717, 1.165) is 4.90 Å². The van der Waals surface area contributed by atoms with Gasteiger partial charge in [-0.1, -0.05) is 23.2 Å². The average Bonchev–Trinajstić information content (AvgIpc) is 2.75. The van der Waals surface area contributed by atoms with Crippen LogP contribution in [0.25, 0.3) is 0 Å². The molecule has 7 nitrogen and oxygen atoms in total. The number of imide groups is 1. The van der Waals surface area contributed by atoms with E-state index in [4.69, 9.17) is 27.9 Å². The van der Waals surface area contributed by atoms with Crippen molar-refractivity contribution < 1.29 is 23.9 Å². The molecule has 24 heavy (non-hydrogen) atoms. The molecule has 1 heterocycles. The number of fused-ring (bicyclic) bond motifs is 1. The Morgan fingerprint density at radius 3 is 2.00 bits per heavy atom. The van der Waals surface area contributed by atoms with E-state index in [1.165, 1.54) is 38.1 Å². The first-order valence-corrected chi connectivity index (χ1v) is 7.64. The molecule has 0 unspecified atom stereocenters. The quantitative estimate of drug-likeness (QED) is 0.592. The van der Waals surface area contributed by atoms with E-state index in [1.807, 2.05) is 0 Å². The zero-order chi connectivity index (χ0) is 18.2. The van der Waals surface area contributed by atoms with Gasteiger partial charge >= 0.3 is 5.97 Å². The topological polar surface area (TPSA) is 84.0 Å². The number of hydrogen-bond acceptors (Lipinski definition) is 5. The van der Waals surface area contributed by atoms with Crippen molar-refractivity contribution >= 4 is 46.9 Å². The van der Waals surface area contributed by atoms with Crippen molar-refractivity contribution in [3.05, 3.63) is 33.3 Å². The first-order chi connectivity index (χ1) is 11.1. The van der Waals surface area contributed by atoms with Gasteiger partial charge in [0.15, 0.2) is 6.61 Å². The largest absolute Gasteiger partial charge is 0.454 e. The van der Waals surface area contributed by atoms with Crippen molar-refractivity contribution in [2.45, 2.75) is 13.0 Å². The highest BCUT2D eigenvalue weighted by molar-refractivity contribution is 6.43. The molecule has 9 heteroatoms. The molecule has 128 valence electrons. The lowest BCUT2D eigenvalue weighted by Gasteiger charge is -2.21. The molecule has 0 saturated heterocycles. The molecular weight excluding hydrogens is 359 g/mol. The molecule has 1 aromatic carbocycles. The molecule has 0 N–H and O–H groups in total. The van der Waals surface area contributed by atoms with Crippen LogP contribution in [-0.2, 0) is 14.3 Å². The number of rotatable bonds is 4. The third kappa shape index (κ3) is 3.22. The first-order valence-electron chi connectivity index (χ1n) is 6.88. The molecule has 1 atom stereocenters.